The number of anilines is 3. The summed E-state index contributed by atoms with van der Waals surface area (Å²) in [7, 11) is 1.99. The van der Waals surface area contributed by atoms with Gasteiger partial charge in [0.15, 0.2) is 5.13 Å². The zero-order chi connectivity index (χ0) is 29.5. The first-order valence-electron chi connectivity index (χ1n) is 13.2. The fourth-order valence-corrected chi connectivity index (χ4v) is 6.06. The molecule has 1 aromatic heterocycles. The summed E-state index contributed by atoms with van der Waals surface area (Å²) in [5, 5.41) is 4.99. The third-order valence-corrected chi connectivity index (χ3v) is 8.57. The number of ether oxygens (including phenoxy) is 1. The molecule has 220 valence electrons. The molecule has 3 atom stereocenters. The fraction of sp³-hybridized carbons (Fsp3) is 0.481. The fourth-order valence-electron chi connectivity index (χ4n) is 5.18. The second kappa shape index (κ2) is 11.5. The van der Waals surface area contributed by atoms with Gasteiger partial charge < -0.3 is 19.9 Å². The van der Waals surface area contributed by atoms with Gasteiger partial charge in [0.25, 0.3) is 5.91 Å². The molecule has 9 nitrogen and oxygen atoms in total. The number of aliphatic imine (C=N–C) groups is 1. The summed E-state index contributed by atoms with van der Waals surface area (Å²) in [5.74, 6) is -4.54. The van der Waals surface area contributed by atoms with Crippen LogP contribution in [0, 0.1) is 11.7 Å². The number of aromatic nitrogens is 1. The highest BCUT2D eigenvalue weighted by molar-refractivity contribution is 7.14. The van der Waals surface area contributed by atoms with Crippen molar-refractivity contribution in [2.45, 2.75) is 32.1 Å². The van der Waals surface area contributed by atoms with Crippen molar-refractivity contribution >= 4 is 45.9 Å². The Morgan fingerprint density at radius 2 is 1.80 bits per heavy atom. The molecular formula is C27H30F4N6O3S. The molecule has 3 aliphatic heterocycles. The van der Waals surface area contributed by atoms with Crippen molar-refractivity contribution in [3.05, 3.63) is 35.0 Å². The smallest absolute Gasteiger partial charge is 0.378 e. The lowest BCUT2D eigenvalue weighted by molar-refractivity contribution is -0.124. The summed E-state index contributed by atoms with van der Waals surface area (Å²) >= 11 is 1.35. The van der Waals surface area contributed by atoms with E-state index in [9.17, 15) is 22.8 Å². The van der Waals surface area contributed by atoms with E-state index in [0.717, 1.165) is 0 Å². The Balaban J connectivity index is 1.52. The van der Waals surface area contributed by atoms with Gasteiger partial charge in [0.2, 0.25) is 5.91 Å². The molecule has 5 rings (SSSR count). The molecule has 2 amide bonds. The lowest BCUT2D eigenvalue weighted by Gasteiger charge is -2.44. The van der Waals surface area contributed by atoms with Crippen LogP contribution in [0.2, 0.25) is 0 Å². The van der Waals surface area contributed by atoms with E-state index in [1.807, 2.05) is 30.7 Å². The molecule has 0 bridgehead atoms. The third kappa shape index (κ3) is 6.14. The third-order valence-electron chi connectivity index (χ3n) is 7.67. The van der Waals surface area contributed by atoms with Crippen molar-refractivity contribution in [3.63, 3.8) is 0 Å². The van der Waals surface area contributed by atoms with Crippen LogP contribution in [0.25, 0.3) is 11.3 Å². The van der Waals surface area contributed by atoms with E-state index in [-0.39, 0.29) is 23.3 Å². The topological polar surface area (TPSA) is 90.4 Å². The number of nitrogens with one attached hydrogen (secondary N) is 1. The van der Waals surface area contributed by atoms with Gasteiger partial charge in [-0.05, 0) is 33.0 Å². The van der Waals surface area contributed by atoms with Gasteiger partial charge in [0.1, 0.15) is 11.7 Å². The van der Waals surface area contributed by atoms with Crippen LogP contribution in [-0.4, -0.2) is 92.6 Å². The van der Waals surface area contributed by atoms with Crippen molar-refractivity contribution in [1.29, 1.82) is 0 Å². The molecule has 2 aromatic rings. The molecule has 0 saturated carbocycles. The maximum Gasteiger partial charge on any atom is 0.414 e. The number of carbonyl (C=O) groups is 2. The first kappa shape index (κ1) is 29.1. The Hall–Kier alpha value is -3.36. The van der Waals surface area contributed by atoms with Crippen molar-refractivity contribution in [1.82, 2.24) is 9.88 Å². The number of halogens is 4. The zero-order valence-corrected chi connectivity index (χ0v) is 23.6. The van der Waals surface area contributed by atoms with Gasteiger partial charge in [-0.25, -0.2) is 14.4 Å². The summed E-state index contributed by atoms with van der Waals surface area (Å²) in [4.78, 5) is 39.0. The van der Waals surface area contributed by atoms with Crippen LogP contribution in [0.15, 0.2) is 34.2 Å². The SMILES string of the molecule is C[C@@H]1CN(c2cc(F)c(-c3csc(N4CCOCC4)n3)cc2NC(=O)C2C=NC(=O)C=C2C(F)(F)F)C[C@H](C)N1C. The minimum absolute atomic E-state index is 0.0934. The Bertz CT molecular complexity index is 1380. The maximum absolute atomic E-state index is 15.7. The van der Waals surface area contributed by atoms with Crippen LogP contribution in [-0.2, 0) is 14.3 Å². The first-order valence-corrected chi connectivity index (χ1v) is 14.1. The number of amides is 2. The number of morpholine rings is 1. The first-order chi connectivity index (χ1) is 19.4. The Morgan fingerprint density at radius 3 is 2.46 bits per heavy atom. The van der Waals surface area contributed by atoms with Crippen molar-refractivity contribution in [2.75, 3.05) is 61.6 Å². The quantitative estimate of drug-likeness (QED) is 0.524. The summed E-state index contributed by atoms with van der Waals surface area (Å²) < 4.78 is 62.2. The molecule has 41 heavy (non-hydrogen) atoms. The Morgan fingerprint density at radius 1 is 1.12 bits per heavy atom. The average Bonchev–Trinajstić information content (AvgIpc) is 3.42. The molecule has 14 heteroatoms. The van der Waals surface area contributed by atoms with Crippen molar-refractivity contribution in [2.24, 2.45) is 10.9 Å². The standard InChI is InChI=1S/C27H30F4N6O3S/c1-15-12-37(13-16(2)35(15)3)23-10-20(28)17(22-14-41-26(34-22)36-4-6-40-7-5-36)8-21(23)33-25(39)18-11-32-24(38)9-19(18)27(29,30)31/h8-11,14-16,18H,4-7,12-13H2,1-3H3,(H,33,39)/t15-,16+,18?. The number of nitrogens with zero attached hydrogens (tertiary/aromatic N) is 5. The van der Waals surface area contributed by atoms with Gasteiger partial charge in [-0.3, -0.25) is 14.5 Å². The summed E-state index contributed by atoms with van der Waals surface area (Å²) in [6.07, 6.45) is -3.90. The number of benzene rings is 1. The number of rotatable bonds is 5. The monoisotopic (exact) mass is 594 g/mol. The molecule has 1 aromatic carbocycles. The maximum atomic E-state index is 15.7. The molecule has 0 aliphatic carbocycles. The van der Waals surface area contributed by atoms with E-state index in [2.05, 4.69) is 20.2 Å². The second-order valence-corrected chi connectivity index (χ2v) is 11.2. The number of carbonyl (C=O) groups excluding carboxylic acids is 2. The van der Waals surface area contributed by atoms with Gasteiger partial charge in [0, 0.05) is 61.5 Å². The van der Waals surface area contributed by atoms with E-state index in [4.69, 9.17) is 4.74 Å². The molecule has 4 heterocycles. The Labute approximate surface area is 238 Å². The minimum atomic E-state index is -4.92. The number of dihydropyridines is 1. The number of piperazine rings is 1. The van der Waals surface area contributed by atoms with Crippen molar-refractivity contribution in [3.8, 4) is 11.3 Å². The lowest BCUT2D eigenvalue weighted by Crippen LogP contribution is -2.55. The largest absolute Gasteiger partial charge is 0.414 e. The molecule has 0 radical (unpaired) electrons. The zero-order valence-electron chi connectivity index (χ0n) is 22.7. The molecule has 1 unspecified atom stereocenters. The van der Waals surface area contributed by atoms with Crippen LogP contribution in [0.4, 0.5) is 34.1 Å². The predicted octanol–water partition coefficient (Wildman–Crippen LogP) is 3.97. The van der Waals surface area contributed by atoms with E-state index in [0.29, 0.717) is 68.2 Å². The number of likely N-dealkylation sites (N-methyl/N-ethyl adjacent to an activating group) is 1. The summed E-state index contributed by atoms with van der Waals surface area (Å²) in [6.45, 7) is 7.46. The molecule has 0 spiro atoms. The molecule has 3 aliphatic rings. The van der Waals surface area contributed by atoms with E-state index >= 15 is 4.39 Å². The number of alkyl halides is 3. The van der Waals surface area contributed by atoms with Crippen LogP contribution in [0.3, 0.4) is 0 Å². The molecule has 2 saturated heterocycles. The second-order valence-electron chi connectivity index (χ2n) is 10.4. The lowest BCUT2D eigenvalue weighted by atomic mass is 9.95. The normalized spacial score (nSPS) is 24.0. The Kier molecular flexibility index (Phi) is 8.17. The highest BCUT2D eigenvalue weighted by atomic mass is 32.1. The average molecular weight is 595 g/mol. The summed E-state index contributed by atoms with van der Waals surface area (Å²) in [6, 6.07) is 2.89. The number of hydrogen-bond acceptors (Lipinski definition) is 8. The number of hydrogen-bond donors (Lipinski definition) is 1. The number of thiazole rings is 1. The van der Waals surface area contributed by atoms with Crippen LogP contribution < -0.4 is 15.1 Å². The van der Waals surface area contributed by atoms with Crippen molar-refractivity contribution < 1.29 is 31.9 Å². The highest BCUT2D eigenvalue weighted by Gasteiger charge is 2.43. The van der Waals surface area contributed by atoms with Gasteiger partial charge in [-0.2, -0.15) is 13.2 Å². The minimum Gasteiger partial charge on any atom is -0.378 e. The van der Waals surface area contributed by atoms with Gasteiger partial charge >= 0.3 is 6.18 Å². The van der Waals surface area contributed by atoms with Gasteiger partial charge in [0.05, 0.1) is 35.9 Å². The molecule has 1 N–H and O–H groups in total. The predicted molar refractivity (Wildman–Crippen MR) is 149 cm³/mol. The van der Waals surface area contributed by atoms with Crippen LogP contribution in [0.5, 0.6) is 0 Å². The van der Waals surface area contributed by atoms with Gasteiger partial charge in [-0.1, -0.05) is 0 Å². The highest BCUT2D eigenvalue weighted by Crippen LogP contribution is 2.39. The van der Waals surface area contributed by atoms with E-state index in [1.165, 1.54) is 23.5 Å². The molecular weight excluding hydrogens is 564 g/mol. The van der Waals surface area contributed by atoms with E-state index in [1.54, 1.807) is 5.38 Å². The van der Waals surface area contributed by atoms with Gasteiger partial charge in [-0.15, -0.1) is 11.3 Å². The summed E-state index contributed by atoms with van der Waals surface area (Å²) in [5.41, 5.74) is -0.374. The van der Waals surface area contributed by atoms with Crippen LogP contribution in [0.1, 0.15) is 13.8 Å². The molecule has 2 fully saturated rings. The van der Waals surface area contributed by atoms with Crippen LogP contribution >= 0.6 is 11.3 Å². The van der Waals surface area contributed by atoms with E-state index < -0.39 is 35.3 Å².